The maximum absolute atomic E-state index is 8.25. The minimum absolute atomic E-state index is 0. The molecule has 0 saturated carbocycles. The summed E-state index contributed by atoms with van der Waals surface area (Å²) in [6, 6.07) is 0. The van der Waals surface area contributed by atoms with E-state index in [2.05, 4.69) is 0 Å². The molecule has 58 valence electrons. The molecule has 0 fully saturated rings. The Labute approximate surface area is 87.7 Å². The van der Waals surface area contributed by atoms with Crippen molar-refractivity contribution in [3.05, 3.63) is 0 Å². The van der Waals surface area contributed by atoms with E-state index >= 15 is 0 Å². The van der Waals surface area contributed by atoms with Crippen molar-refractivity contribution in [3.8, 4) is 0 Å². The molecule has 0 saturated heterocycles. The van der Waals surface area contributed by atoms with Crippen molar-refractivity contribution >= 4 is 22.1 Å². The Balaban J connectivity index is -0.0000000257. The fourth-order valence-corrected chi connectivity index (χ4v) is 0. The van der Waals surface area contributed by atoms with Gasteiger partial charge in [0.25, 0.3) is 0 Å². The van der Waals surface area contributed by atoms with E-state index in [0.717, 1.165) is 0 Å². The molecule has 0 aliphatic carbocycles. The van der Waals surface area contributed by atoms with Crippen LogP contribution in [0.15, 0.2) is 0 Å². The van der Waals surface area contributed by atoms with E-state index in [1.807, 2.05) is 0 Å². The second kappa shape index (κ2) is 59.9. The Bertz CT molecular complexity index is 49.7. The van der Waals surface area contributed by atoms with Crippen molar-refractivity contribution in [1.82, 2.24) is 0 Å². The molecule has 0 bridgehead atoms. The van der Waals surface area contributed by atoms with Crippen LogP contribution in [0.4, 0.5) is 0 Å². The van der Waals surface area contributed by atoms with Gasteiger partial charge in [0.05, 0.1) is 0 Å². The SMILES string of the molecule is O=B[O-].O=B[O-].O=B[O-].[Tm+3]. The standard InChI is InChI=1S/3BO2.Tm/c3*2-1-3;/q3*-1;+3. The fraction of sp³-hybridized carbons (Fsp3) is 0. The van der Waals surface area contributed by atoms with Gasteiger partial charge in [-0.2, -0.15) is 0 Å². The summed E-state index contributed by atoms with van der Waals surface area (Å²) in [6.07, 6.45) is 0. The second-order valence-electron chi connectivity index (χ2n) is 0.289. The molecule has 0 N–H and O–H groups in total. The summed E-state index contributed by atoms with van der Waals surface area (Å²) in [5, 5.41) is 24.8. The molecule has 10 heteroatoms. The molecule has 0 aliphatic heterocycles. The first kappa shape index (κ1) is 22.5. The Morgan fingerprint density at radius 3 is 0.700 bits per heavy atom. The van der Waals surface area contributed by atoms with E-state index < -0.39 is 22.1 Å². The molecule has 0 rings (SSSR count). The first-order valence-corrected chi connectivity index (χ1v) is 1.41. The van der Waals surface area contributed by atoms with Crippen molar-refractivity contribution in [2.75, 3.05) is 0 Å². The van der Waals surface area contributed by atoms with E-state index in [1.54, 1.807) is 0 Å². The van der Waals surface area contributed by atoms with Gasteiger partial charge in [-0.1, -0.05) is 0 Å². The minimum atomic E-state index is -0.500. The van der Waals surface area contributed by atoms with E-state index in [9.17, 15) is 0 Å². The van der Waals surface area contributed by atoms with Crippen LogP contribution >= 0.6 is 0 Å². The summed E-state index contributed by atoms with van der Waals surface area (Å²) >= 11 is 0. The maximum Gasteiger partial charge on any atom is 3.00 e. The molecule has 0 heterocycles. The van der Waals surface area contributed by atoms with E-state index in [0.29, 0.717) is 0 Å². The summed E-state index contributed by atoms with van der Waals surface area (Å²) < 4.78 is 24.8. The van der Waals surface area contributed by atoms with Gasteiger partial charge in [-0.05, 0) is 0 Å². The summed E-state index contributed by atoms with van der Waals surface area (Å²) in [5.41, 5.74) is 0. The smallest absolute Gasteiger partial charge is 3.00 e. The van der Waals surface area contributed by atoms with Gasteiger partial charge in [-0.25, -0.2) is 0 Å². The quantitative estimate of drug-likeness (QED) is 0.413. The molecule has 0 unspecified atom stereocenters. The van der Waals surface area contributed by atoms with Gasteiger partial charge in [0, 0.05) is 0 Å². The summed E-state index contributed by atoms with van der Waals surface area (Å²) in [4.78, 5) is 0. The molecule has 10 heavy (non-hydrogen) atoms. The van der Waals surface area contributed by atoms with Gasteiger partial charge >= 0.3 is 88.1 Å². The Kier molecular flexibility index (Phi) is 135. The predicted octanol–water partition coefficient (Wildman–Crippen LogP) is -5.07. The van der Waals surface area contributed by atoms with Gasteiger partial charge in [-0.15, -0.1) is 0 Å². The molecular formula is B3O6Tm. The van der Waals surface area contributed by atoms with Gasteiger partial charge in [0.15, 0.2) is 0 Å². The van der Waals surface area contributed by atoms with Crippen molar-refractivity contribution < 1.29 is 66.1 Å². The third-order valence-electron chi connectivity index (χ3n) is 0. The zero-order chi connectivity index (χ0) is 8.12. The molecule has 6 nitrogen and oxygen atoms in total. The average Bonchev–Trinajstić information content (AvgIpc) is 1.70. The molecule has 0 aliphatic rings. The largest absolute Gasteiger partial charge is 3.00 e. The van der Waals surface area contributed by atoms with Gasteiger partial charge in [0.2, 0.25) is 0 Å². The topological polar surface area (TPSA) is 120 Å². The van der Waals surface area contributed by atoms with Crippen LogP contribution in [0.5, 0.6) is 0 Å². The molecule has 0 radical (unpaired) electrons. The van der Waals surface area contributed by atoms with E-state index in [-0.39, 0.29) is 36.9 Å². The average molecular weight is 297 g/mol. The molecular weight excluding hydrogens is 297 g/mol. The first-order chi connectivity index (χ1) is 4.24. The van der Waals surface area contributed by atoms with Gasteiger partial charge < -0.3 is 0 Å². The zero-order valence-electron chi connectivity index (χ0n) is 4.46. The Morgan fingerprint density at radius 1 is 0.700 bits per heavy atom. The van der Waals surface area contributed by atoms with Crippen LogP contribution < -0.4 is 15.1 Å². The van der Waals surface area contributed by atoms with Crippen LogP contribution in [0.2, 0.25) is 0 Å². The zero-order valence-corrected chi connectivity index (χ0v) is 6.24. The number of hydrogen-bond donors (Lipinski definition) is 0. The first-order valence-electron chi connectivity index (χ1n) is 1.41. The molecule has 0 atom stereocenters. The summed E-state index contributed by atoms with van der Waals surface area (Å²) in [7, 11) is -1.50. The van der Waals surface area contributed by atoms with Crippen LogP contribution in [0.1, 0.15) is 0 Å². The van der Waals surface area contributed by atoms with E-state index in [1.165, 1.54) is 0 Å². The van der Waals surface area contributed by atoms with Crippen molar-refractivity contribution in [1.29, 1.82) is 0 Å². The molecule has 0 amide bonds. The van der Waals surface area contributed by atoms with Crippen LogP contribution in [0.3, 0.4) is 0 Å². The number of hydrogen-bond acceptors (Lipinski definition) is 6. The van der Waals surface area contributed by atoms with Crippen LogP contribution in [0, 0.1) is 36.9 Å². The number of rotatable bonds is 0. The van der Waals surface area contributed by atoms with Crippen molar-refractivity contribution in [2.24, 2.45) is 0 Å². The van der Waals surface area contributed by atoms with Gasteiger partial charge in [0.1, 0.15) is 0 Å². The monoisotopic (exact) mass is 298 g/mol. The molecule has 0 aromatic heterocycles. The Morgan fingerprint density at radius 2 is 0.700 bits per heavy atom. The molecule has 0 aromatic rings. The Hall–Kier alpha value is 0.229. The minimum Gasteiger partial charge on any atom is 3.00 e. The van der Waals surface area contributed by atoms with Crippen molar-refractivity contribution in [3.63, 3.8) is 0 Å². The summed E-state index contributed by atoms with van der Waals surface area (Å²) in [6.45, 7) is 0. The summed E-state index contributed by atoms with van der Waals surface area (Å²) in [5.74, 6) is 0. The molecule has 0 aromatic carbocycles. The van der Waals surface area contributed by atoms with Crippen LogP contribution in [0.25, 0.3) is 0 Å². The van der Waals surface area contributed by atoms with Crippen LogP contribution in [-0.4, -0.2) is 22.1 Å². The van der Waals surface area contributed by atoms with Gasteiger partial charge in [-0.3, -0.25) is 0 Å². The third-order valence-corrected chi connectivity index (χ3v) is 0. The normalized spacial score (nSPS) is 2.40. The predicted molar refractivity (Wildman–Crippen MR) is 19.3 cm³/mol. The second-order valence-corrected chi connectivity index (χ2v) is 0.289. The van der Waals surface area contributed by atoms with E-state index in [4.69, 9.17) is 29.2 Å². The third kappa shape index (κ3) is 8230. The van der Waals surface area contributed by atoms with Crippen LogP contribution in [-0.2, 0) is 14.1 Å². The molecule has 0 spiro atoms. The fourth-order valence-electron chi connectivity index (χ4n) is 0. The van der Waals surface area contributed by atoms with Crippen molar-refractivity contribution in [2.45, 2.75) is 0 Å². The maximum atomic E-state index is 8.25.